The van der Waals surface area contributed by atoms with Gasteiger partial charge in [-0.2, -0.15) is 5.10 Å². The summed E-state index contributed by atoms with van der Waals surface area (Å²) < 4.78 is 12.8. The summed E-state index contributed by atoms with van der Waals surface area (Å²) >= 11 is 0. The minimum Gasteiger partial charge on any atom is -0.381 e. The summed E-state index contributed by atoms with van der Waals surface area (Å²) in [5.74, 6) is 0.446. The molecule has 8 nitrogen and oxygen atoms in total. The van der Waals surface area contributed by atoms with Gasteiger partial charge in [0.1, 0.15) is 0 Å². The Hall–Kier alpha value is -2.42. The first-order valence-corrected chi connectivity index (χ1v) is 9.84. The molecule has 28 heavy (non-hydrogen) atoms. The van der Waals surface area contributed by atoms with E-state index in [-0.39, 0.29) is 12.1 Å². The zero-order valence-electron chi connectivity index (χ0n) is 15.9. The number of urea groups is 1. The quantitative estimate of drug-likeness (QED) is 0.792. The van der Waals surface area contributed by atoms with Crippen LogP contribution in [0.1, 0.15) is 6.42 Å². The lowest BCUT2D eigenvalue weighted by Gasteiger charge is -2.37. The van der Waals surface area contributed by atoms with Gasteiger partial charge in [-0.1, -0.05) is 6.07 Å². The number of carbonyl (C=O) groups is 1. The highest BCUT2D eigenvalue weighted by Crippen LogP contribution is 2.22. The predicted molar refractivity (Wildman–Crippen MR) is 106 cm³/mol. The minimum atomic E-state index is -0.199. The highest BCUT2D eigenvalue weighted by Gasteiger charge is 2.31. The van der Waals surface area contributed by atoms with Crippen molar-refractivity contribution in [2.24, 2.45) is 5.92 Å². The number of morpholine rings is 1. The maximum absolute atomic E-state index is 12.5. The van der Waals surface area contributed by atoms with Crippen LogP contribution < -0.4 is 10.6 Å². The zero-order chi connectivity index (χ0) is 19.2. The van der Waals surface area contributed by atoms with E-state index in [1.54, 1.807) is 10.9 Å². The van der Waals surface area contributed by atoms with Crippen molar-refractivity contribution >= 4 is 11.7 Å². The molecule has 0 spiro atoms. The third kappa shape index (κ3) is 4.70. The second-order valence-electron chi connectivity index (χ2n) is 7.18. The fourth-order valence-electron chi connectivity index (χ4n) is 3.88. The summed E-state index contributed by atoms with van der Waals surface area (Å²) in [5, 5.41) is 10.2. The molecule has 2 saturated heterocycles. The van der Waals surface area contributed by atoms with Gasteiger partial charge in [0.15, 0.2) is 0 Å². The standard InChI is InChI=1S/C20H27N5O3/c26-20(23-17-3-1-4-18(13-17)25-7-2-6-22-25)21-14-19(16-5-10-28-15-16)24-8-11-27-12-9-24/h1-4,6-7,13,16,19H,5,8-12,14-15H2,(H2,21,23,26)/t16-,19-/m1/s1. The van der Waals surface area contributed by atoms with Crippen LogP contribution in [0, 0.1) is 5.92 Å². The second kappa shape index (κ2) is 9.18. The first kappa shape index (κ1) is 18.9. The molecule has 0 bridgehead atoms. The highest BCUT2D eigenvalue weighted by molar-refractivity contribution is 5.89. The number of nitrogens with one attached hydrogen (secondary N) is 2. The summed E-state index contributed by atoms with van der Waals surface area (Å²) in [7, 11) is 0. The van der Waals surface area contributed by atoms with Gasteiger partial charge in [-0.25, -0.2) is 9.48 Å². The van der Waals surface area contributed by atoms with E-state index in [9.17, 15) is 4.79 Å². The van der Waals surface area contributed by atoms with Gasteiger partial charge in [-0.05, 0) is 30.7 Å². The number of nitrogens with zero attached hydrogens (tertiary/aromatic N) is 3. The molecular formula is C20H27N5O3. The molecule has 2 aliphatic heterocycles. The molecule has 0 saturated carbocycles. The van der Waals surface area contributed by atoms with Gasteiger partial charge in [0, 0.05) is 56.3 Å². The first-order chi connectivity index (χ1) is 13.8. The third-order valence-corrected chi connectivity index (χ3v) is 5.37. The molecule has 8 heteroatoms. The van der Waals surface area contributed by atoms with Gasteiger partial charge < -0.3 is 20.1 Å². The van der Waals surface area contributed by atoms with Gasteiger partial charge in [0.05, 0.1) is 25.5 Å². The number of hydrogen-bond donors (Lipinski definition) is 2. The number of anilines is 1. The van der Waals surface area contributed by atoms with Gasteiger partial charge in [0.25, 0.3) is 0 Å². The van der Waals surface area contributed by atoms with Gasteiger partial charge in [0.2, 0.25) is 0 Å². The molecule has 0 radical (unpaired) electrons. The maximum atomic E-state index is 12.5. The Morgan fingerprint density at radius 3 is 2.86 bits per heavy atom. The third-order valence-electron chi connectivity index (χ3n) is 5.37. The number of ether oxygens (including phenoxy) is 2. The molecule has 4 rings (SSSR count). The van der Waals surface area contributed by atoms with Crippen LogP contribution >= 0.6 is 0 Å². The molecule has 2 N–H and O–H groups in total. The average molecular weight is 385 g/mol. The van der Waals surface area contributed by atoms with Crippen LogP contribution in [-0.4, -0.2) is 72.8 Å². The average Bonchev–Trinajstić information content (AvgIpc) is 3.44. The van der Waals surface area contributed by atoms with E-state index in [0.717, 1.165) is 57.3 Å². The van der Waals surface area contributed by atoms with Gasteiger partial charge >= 0.3 is 6.03 Å². The van der Waals surface area contributed by atoms with E-state index in [1.807, 2.05) is 36.5 Å². The monoisotopic (exact) mass is 385 g/mol. The molecule has 1 aromatic heterocycles. The molecular weight excluding hydrogens is 358 g/mol. The lowest BCUT2D eigenvalue weighted by molar-refractivity contribution is 0.00222. The van der Waals surface area contributed by atoms with Crippen LogP contribution in [-0.2, 0) is 9.47 Å². The van der Waals surface area contributed by atoms with Crippen molar-refractivity contribution in [1.29, 1.82) is 0 Å². The summed E-state index contributed by atoms with van der Waals surface area (Å²) in [6.45, 7) is 5.45. The number of rotatable bonds is 6. The molecule has 0 aliphatic carbocycles. The van der Waals surface area contributed by atoms with Gasteiger partial charge in [-0.15, -0.1) is 0 Å². The Balaban J connectivity index is 1.35. The molecule has 3 heterocycles. The Bertz CT molecular complexity index is 755. The van der Waals surface area contributed by atoms with Crippen LogP contribution in [0.25, 0.3) is 5.69 Å². The molecule has 1 aromatic carbocycles. The Kier molecular flexibility index (Phi) is 6.20. The number of amides is 2. The van der Waals surface area contributed by atoms with Crippen LogP contribution in [0.2, 0.25) is 0 Å². The van der Waals surface area contributed by atoms with Crippen molar-refractivity contribution in [1.82, 2.24) is 20.0 Å². The Morgan fingerprint density at radius 1 is 1.21 bits per heavy atom. The van der Waals surface area contributed by atoms with Crippen molar-refractivity contribution in [3.63, 3.8) is 0 Å². The van der Waals surface area contributed by atoms with Crippen molar-refractivity contribution in [3.05, 3.63) is 42.7 Å². The summed E-state index contributed by atoms with van der Waals surface area (Å²) in [4.78, 5) is 14.9. The first-order valence-electron chi connectivity index (χ1n) is 9.84. The molecule has 2 atom stereocenters. The summed E-state index contributed by atoms with van der Waals surface area (Å²) in [6, 6.07) is 9.56. The van der Waals surface area contributed by atoms with Crippen molar-refractivity contribution < 1.29 is 14.3 Å². The smallest absolute Gasteiger partial charge is 0.319 e. The fourth-order valence-corrected chi connectivity index (χ4v) is 3.88. The van der Waals surface area contributed by atoms with Crippen molar-refractivity contribution in [2.45, 2.75) is 12.5 Å². The van der Waals surface area contributed by atoms with E-state index in [2.05, 4.69) is 20.6 Å². The largest absolute Gasteiger partial charge is 0.381 e. The van der Waals surface area contributed by atoms with E-state index >= 15 is 0 Å². The Labute approximate surface area is 164 Å². The van der Waals surface area contributed by atoms with E-state index in [4.69, 9.17) is 9.47 Å². The Morgan fingerprint density at radius 2 is 2.11 bits per heavy atom. The molecule has 2 fully saturated rings. The summed E-state index contributed by atoms with van der Waals surface area (Å²) in [5.41, 5.74) is 1.63. The van der Waals surface area contributed by atoms with E-state index in [0.29, 0.717) is 12.5 Å². The van der Waals surface area contributed by atoms with Crippen LogP contribution in [0.4, 0.5) is 10.5 Å². The number of carbonyl (C=O) groups excluding carboxylic acids is 1. The SMILES string of the molecule is O=C(NC[C@H]([C@@H]1CCOC1)N1CCOCC1)Nc1cccc(-n2cccn2)c1. The molecule has 2 aromatic rings. The fraction of sp³-hybridized carbons (Fsp3) is 0.500. The van der Waals surface area contributed by atoms with Crippen molar-refractivity contribution in [2.75, 3.05) is 51.4 Å². The topological polar surface area (TPSA) is 80.6 Å². The number of aromatic nitrogens is 2. The normalized spacial score (nSPS) is 21.4. The second-order valence-corrected chi connectivity index (χ2v) is 7.18. The van der Waals surface area contributed by atoms with Crippen LogP contribution in [0.5, 0.6) is 0 Å². The summed E-state index contributed by atoms with van der Waals surface area (Å²) in [6.07, 6.45) is 4.64. The molecule has 150 valence electrons. The minimum absolute atomic E-state index is 0.199. The predicted octanol–water partition coefficient (Wildman–Crippen LogP) is 1.73. The van der Waals surface area contributed by atoms with Crippen LogP contribution in [0.15, 0.2) is 42.7 Å². The maximum Gasteiger partial charge on any atom is 0.319 e. The lowest BCUT2D eigenvalue weighted by atomic mass is 9.97. The zero-order valence-corrected chi connectivity index (χ0v) is 15.9. The molecule has 0 unspecified atom stereocenters. The lowest BCUT2D eigenvalue weighted by Crippen LogP contribution is -2.52. The van der Waals surface area contributed by atoms with E-state index in [1.165, 1.54) is 0 Å². The molecule has 2 amide bonds. The van der Waals surface area contributed by atoms with E-state index < -0.39 is 0 Å². The number of hydrogen-bond acceptors (Lipinski definition) is 5. The van der Waals surface area contributed by atoms with Gasteiger partial charge in [-0.3, -0.25) is 4.90 Å². The number of benzene rings is 1. The van der Waals surface area contributed by atoms with Crippen LogP contribution in [0.3, 0.4) is 0 Å². The molecule has 2 aliphatic rings. The highest BCUT2D eigenvalue weighted by atomic mass is 16.5. The van der Waals surface area contributed by atoms with Crippen molar-refractivity contribution in [3.8, 4) is 5.69 Å².